The van der Waals surface area contributed by atoms with Crippen molar-refractivity contribution in [2.24, 2.45) is 21.7 Å². The molecule has 0 radical (unpaired) electrons. The largest absolute Gasteiger partial charge is 0.454 e. The van der Waals surface area contributed by atoms with Crippen LogP contribution in [0.25, 0.3) is 88.1 Å². The number of para-hydroxylation sites is 1. The smallest absolute Gasteiger partial charge is 0.227 e. The van der Waals surface area contributed by atoms with Gasteiger partial charge in [-0.25, -0.2) is 15.0 Å². The molecule has 12 aromatic rings. The van der Waals surface area contributed by atoms with Gasteiger partial charge < -0.3 is 37.3 Å². The molecule has 5 aromatic carbocycles. The Kier molecular flexibility index (Phi) is 12.3. The van der Waals surface area contributed by atoms with E-state index in [-0.39, 0.29) is 22.9 Å². The molecule has 11 heterocycles. The highest BCUT2D eigenvalue weighted by Crippen LogP contribution is 2.60. The molecule has 2 spiro atoms. The topological polar surface area (TPSA) is 104 Å². The van der Waals surface area contributed by atoms with Crippen molar-refractivity contribution in [2.45, 2.75) is 281 Å². The average Bonchev–Trinajstić information content (AvgIpc) is 1.51. The van der Waals surface area contributed by atoms with Gasteiger partial charge in [0.2, 0.25) is 17.1 Å². The molecule has 4 atom stereocenters. The highest BCUT2D eigenvalue weighted by molar-refractivity contribution is 6.12. The van der Waals surface area contributed by atoms with Gasteiger partial charge >= 0.3 is 0 Å². The van der Waals surface area contributed by atoms with Crippen LogP contribution in [-0.2, 0) is 0 Å². The van der Waals surface area contributed by atoms with Gasteiger partial charge in [0.1, 0.15) is 5.58 Å². The molecule has 0 N–H and O–H groups in total. The first-order valence-electron chi connectivity index (χ1n) is 47.3. The lowest BCUT2D eigenvalue weighted by Crippen LogP contribution is -2.44. The Morgan fingerprint density at radius 3 is 1.09 bits per heavy atom. The van der Waals surface area contributed by atoms with Crippen LogP contribution in [0, 0.1) is 56.3 Å². The van der Waals surface area contributed by atoms with Crippen molar-refractivity contribution in [1.29, 1.82) is 0 Å². The number of anilines is 4. The summed E-state index contributed by atoms with van der Waals surface area (Å²) in [5, 5.41) is 7.38. The summed E-state index contributed by atoms with van der Waals surface area (Å²) in [6.45, 7) is 19.4. The van der Waals surface area contributed by atoms with Crippen LogP contribution < -0.4 is 19.6 Å². The maximum atomic E-state index is 9.32. The molecule has 18 rings (SSSR count). The molecular formula is C92H115N7O4. The Hall–Kier alpha value is -8.05. The highest BCUT2D eigenvalue weighted by atomic mass is 16.4. The summed E-state index contributed by atoms with van der Waals surface area (Å²) in [5.41, 5.74) is 2.40. The number of aromatic nitrogens is 3. The number of nitrogens with zero attached hydrogens (tertiary/aromatic N) is 7. The molecule has 7 aromatic heterocycles. The second-order valence-electron chi connectivity index (χ2n) is 32.8. The third kappa shape index (κ3) is 11.6. The second-order valence-corrected chi connectivity index (χ2v) is 32.8. The summed E-state index contributed by atoms with van der Waals surface area (Å²) in [6, 6.07) is 33.5. The summed E-state index contributed by atoms with van der Waals surface area (Å²) in [4.78, 5) is 21.1. The Bertz CT molecular complexity index is 5920. The molecule has 103 heavy (non-hydrogen) atoms. The Morgan fingerprint density at radius 2 is 0.689 bits per heavy atom. The summed E-state index contributed by atoms with van der Waals surface area (Å²) in [7, 11) is 0. The first kappa shape index (κ1) is 50.4. The lowest BCUT2D eigenvalue weighted by Gasteiger charge is -2.41. The van der Waals surface area contributed by atoms with Crippen LogP contribution in [0.3, 0.4) is 0 Å². The van der Waals surface area contributed by atoms with Crippen molar-refractivity contribution in [1.82, 2.24) is 15.0 Å². The maximum Gasteiger partial charge on any atom is 0.227 e. The summed E-state index contributed by atoms with van der Waals surface area (Å²) >= 11 is 0. The number of furan rings is 4. The van der Waals surface area contributed by atoms with E-state index in [9.17, 15) is 5.48 Å². The van der Waals surface area contributed by atoms with E-state index < -0.39 is 98.0 Å². The maximum absolute atomic E-state index is 9.32. The third-order valence-electron chi connectivity index (χ3n) is 24.1. The van der Waals surface area contributed by atoms with E-state index in [2.05, 4.69) is 117 Å². The van der Waals surface area contributed by atoms with Crippen LogP contribution in [0.5, 0.6) is 0 Å². The Morgan fingerprint density at radius 1 is 0.359 bits per heavy atom. The SMILES string of the molecule is [2H]C([2H])([2H])C1(C([2H])([2H])[2H])C(C)N(c2c(C)ccc3c2oc2nc(C)ccc23)C(C)(C)C1([2H])[2H].[2H]C([2H])([2H])C1(C([2H])([2H])[2H])C(C)N(c2c(C)ccc3c2oc2ncccc23)C(C)(C)C1([2H])[2H].[2H]C1([2H])C2(CCCCC2)C(C)N(c2c(C)ccc3c2oc2ccccc23)C1(C)C.[2H]C1([2H])C2(CCCCC2)C(C)N(c2c(C)ccc3c2oc2ncccc23)C1(C)C. The van der Waals surface area contributed by atoms with Crippen LogP contribution in [0.2, 0.25) is 0 Å². The van der Waals surface area contributed by atoms with Crippen LogP contribution in [-0.4, -0.2) is 61.3 Å². The number of fused-ring (bicyclic) bond motifs is 12. The van der Waals surface area contributed by atoms with E-state index in [0.717, 1.165) is 151 Å². The minimum atomic E-state index is -3.10. The number of benzene rings is 5. The van der Waals surface area contributed by atoms with E-state index in [4.69, 9.17) is 39.6 Å². The predicted molar refractivity (Wildman–Crippen MR) is 433 cm³/mol. The normalized spacial score (nSPS) is 28.7. The van der Waals surface area contributed by atoms with Gasteiger partial charge in [0.25, 0.3) is 0 Å². The molecule has 6 fully saturated rings. The van der Waals surface area contributed by atoms with E-state index >= 15 is 0 Å². The van der Waals surface area contributed by atoms with Crippen LogP contribution in [0.1, 0.15) is 256 Å². The van der Waals surface area contributed by atoms with E-state index in [1.54, 1.807) is 56.0 Å². The molecule has 2 saturated carbocycles. The monoisotopic (exact) mass is 1400 g/mol. The van der Waals surface area contributed by atoms with Crippen molar-refractivity contribution >= 4 is 111 Å². The van der Waals surface area contributed by atoms with Gasteiger partial charge in [0.15, 0.2) is 22.3 Å². The number of pyridine rings is 3. The van der Waals surface area contributed by atoms with Crippen molar-refractivity contribution < 1.29 is 45.1 Å². The summed E-state index contributed by atoms with van der Waals surface area (Å²) in [5.74, 6) is 0. The first-order chi connectivity index (χ1) is 56.9. The molecule has 0 bridgehead atoms. The Labute approximate surface area is 640 Å². The van der Waals surface area contributed by atoms with Gasteiger partial charge in [0.05, 0.1) is 22.7 Å². The fraction of sp³-hybridized carbons (Fsp3) is 0.511. The molecule has 4 unspecified atom stereocenters. The van der Waals surface area contributed by atoms with Gasteiger partial charge in [-0.2, -0.15) is 0 Å². The van der Waals surface area contributed by atoms with Crippen molar-refractivity contribution in [3.8, 4) is 0 Å². The quantitative estimate of drug-likeness (QED) is 0.168. The van der Waals surface area contributed by atoms with Crippen LogP contribution >= 0.6 is 0 Å². The van der Waals surface area contributed by atoms with Gasteiger partial charge in [-0.1, -0.05) is 133 Å². The first-order valence-corrected chi connectivity index (χ1v) is 37.3. The minimum Gasteiger partial charge on any atom is -0.454 e. The molecule has 4 aliphatic heterocycles. The fourth-order valence-electron chi connectivity index (χ4n) is 19.5. The van der Waals surface area contributed by atoms with E-state index in [1.807, 2.05) is 87.5 Å². The molecule has 6 aliphatic rings. The number of aryl methyl sites for hydroxylation is 5. The molecule has 11 nitrogen and oxygen atoms in total. The third-order valence-corrected chi connectivity index (χ3v) is 24.1. The van der Waals surface area contributed by atoms with Gasteiger partial charge in [0, 0.05) is 135 Å². The van der Waals surface area contributed by atoms with Crippen molar-refractivity contribution in [3.05, 3.63) is 150 Å². The van der Waals surface area contributed by atoms with Crippen molar-refractivity contribution in [3.63, 3.8) is 0 Å². The van der Waals surface area contributed by atoms with Gasteiger partial charge in [-0.05, 0) is 255 Å². The minimum absolute atomic E-state index is 0.0956. The number of hydrogen-bond acceptors (Lipinski definition) is 11. The van der Waals surface area contributed by atoms with Gasteiger partial charge in [-0.3, -0.25) is 0 Å². The second kappa shape index (κ2) is 25.1. The van der Waals surface area contributed by atoms with E-state index in [0.29, 0.717) is 39.7 Å². The van der Waals surface area contributed by atoms with Gasteiger partial charge in [-0.15, -0.1) is 0 Å². The molecule has 11 heteroatoms. The number of rotatable bonds is 4. The molecule has 0 amide bonds. The highest BCUT2D eigenvalue weighted by Gasteiger charge is 2.57. The predicted octanol–water partition coefficient (Wildman–Crippen LogP) is 25.5. The fourth-order valence-corrected chi connectivity index (χ4v) is 19.5. The zero-order chi connectivity index (χ0) is 90.2. The van der Waals surface area contributed by atoms with Crippen LogP contribution in [0.4, 0.5) is 22.7 Å². The molecule has 2 aliphatic carbocycles. The standard InChI is InChI=1S/C25H31NO.C24H30N2O.C22H28N2O.C21H26N2O/c1-17-12-13-20-19-10-6-7-11-21(19)27-23(20)22(17)26-18(2)25(16-24(26,3)4)14-8-5-9-15-25;1-16-10-11-18-19-9-8-14-25-22(19)27-21(18)20(16)26-17(2)24(15-23(26,3)4)12-6-5-7-13-24;1-13-8-10-16-17-11-9-14(2)23-20(17)25-19(16)18(13)24-15(3)21(4,5)12-22(24,6)7;1-13-9-10-15-16-8-7-11-22-19(16)24-18(15)17(13)23-14(2)20(3,4)12-21(23,5)6/h6-7,10-13,18H,5,8-9,14-16H2,1-4H3;8-11,14,17H,5-7,12-13,15H2,1-4H3;8-11,15H,12H2,1-7H3;7-11,14H,12H2,1-6H3/i16D2;15D2;4D3,5D3,12D2;3D3,4D3,12D2. The van der Waals surface area contributed by atoms with Crippen molar-refractivity contribution in [2.75, 3.05) is 19.6 Å². The molecule has 4 saturated heterocycles. The van der Waals surface area contributed by atoms with E-state index in [1.165, 1.54) is 26.7 Å². The average molecular weight is 1400 g/mol. The molecular weight excluding hydrogens is 1270 g/mol. The lowest BCUT2D eigenvalue weighted by atomic mass is 9.68. The van der Waals surface area contributed by atoms with Crippen LogP contribution in [0.15, 0.2) is 139 Å². The molecule has 542 valence electrons. The zero-order valence-electron chi connectivity index (χ0n) is 83.2. The Balaban J connectivity index is 0.000000127. The lowest BCUT2D eigenvalue weighted by molar-refractivity contribution is 0.170. The summed E-state index contributed by atoms with van der Waals surface area (Å²) < 4.78 is 197. The zero-order valence-corrected chi connectivity index (χ0v) is 63.2. The number of hydrogen-bond donors (Lipinski definition) is 0. The summed E-state index contributed by atoms with van der Waals surface area (Å²) in [6.07, 6.45) is 6.36.